The first-order valence-electron chi connectivity index (χ1n) is 19.2. The SMILES string of the molecule is c1cc(-c2ccc3ccccc3c2)cc(N(c2ccc(-c3ccc(-c4cccc5ccccc45)cc3)cc2)c2cccc3oc4c5ccccc5ccc4c23)c1. The average Bonchev–Trinajstić information content (AvgIpc) is 3.67. The van der Waals surface area contributed by atoms with Crippen LogP contribution in [0.5, 0.6) is 0 Å². The third-order valence-corrected chi connectivity index (χ3v) is 11.2. The summed E-state index contributed by atoms with van der Waals surface area (Å²) >= 11 is 0. The number of rotatable bonds is 6. The second-order valence-electron chi connectivity index (χ2n) is 14.5. The van der Waals surface area contributed by atoms with E-state index in [1.54, 1.807) is 0 Å². The van der Waals surface area contributed by atoms with Crippen molar-refractivity contribution in [2.24, 2.45) is 0 Å². The van der Waals surface area contributed by atoms with Crippen LogP contribution in [0.15, 0.2) is 217 Å². The van der Waals surface area contributed by atoms with Gasteiger partial charge in [-0.3, -0.25) is 0 Å². The largest absolute Gasteiger partial charge is 0.455 e. The van der Waals surface area contributed by atoms with E-state index in [1.165, 1.54) is 54.7 Å². The van der Waals surface area contributed by atoms with Crippen LogP contribution in [0.3, 0.4) is 0 Å². The molecule has 1 heterocycles. The lowest BCUT2D eigenvalue weighted by Gasteiger charge is -2.27. The Hall–Kier alpha value is -7.42. The Morgan fingerprint density at radius 2 is 0.911 bits per heavy atom. The predicted octanol–water partition coefficient (Wildman–Crippen LogP) is 15.5. The molecule has 11 rings (SSSR count). The molecule has 2 heteroatoms. The smallest absolute Gasteiger partial charge is 0.143 e. The molecule has 56 heavy (non-hydrogen) atoms. The highest BCUT2D eigenvalue weighted by molar-refractivity contribution is 6.19. The molecule has 0 saturated carbocycles. The molecule has 0 fully saturated rings. The van der Waals surface area contributed by atoms with E-state index in [4.69, 9.17) is 4.42 Å². The van der Waals surface area contributed by atoms with Crippen molar-refractivity contribution < 1.29 is 4.42 Å². The molecule has 0 aliphatic carbocycles. The van der Waals surface area contributed by atoms with E-state index in [2.05, 4.69) is 217 Å². The highest BCUT2D eigenvalue weighted by Crippen LogP contribution is 2.45. The van der Waals surface area contributed by atoms with Gasteiger partial charge < -0.3 is 9.32 Å². The Morgan fingerprint density at radius 3 is 1.73 bits per heavy atom. The van der Waals surface area contributed by atoms with Gasteiger partial charge in [-0.25, -0.2) is 0 Å². The number of benzene rings is 10. The van der Waals surface area contributed by atoms with Gasteiger partial charge in [0.25, 0.3) is 0 Å². The molecule has 10 aromatic carbocycles. The van der Waals surface area contributed by atoms with Gasteiger partial charge >= 0.3 is 0 Å². The van der Waals surface area contributed by atoms with Crippen molar-refractivity contribution in [1.82, 2.24) is 0 Å². The number of nitrogens with zero attached hydrogens (tertiary/aromatic N) is 1. The third-order valence-electron chi connectivity index (χ3n) is 11.2. The molecular formula is C54H35NO. The summed E-state index contributed by atoms with van der Waals surface area (Å²) in [6.07, 6.45) is 0. The lowest BCUT2D eigenvalue weighted by Crippen LogP contribution is -2.10. The summed E-state index contributed by atoms with van der Waals surface area (Å²) in [5, 5.41) is 9.48. The lowest BCUT2D eigenvalue weighted by atomic mass is 9.96. The Bertz CT molecular complexity index is 3240. The van der Waals surface area contributed by atoms with Crippen LogP contribution in [0.2, 0.25) is 0 Å². The summed E-state index contributed by atoms with van der Waals surface area (Å²) in [6.45, 7) is 0. The maximum Gasteiger partial charge on any atom is 0.143 e. The number of anilines is 3. The Labute approximate surface area is 325 Å². The third kappa shape index (κ3) is 5.42. The first-order valence-corrected chi connectivity index (χ1v) is 19.2. The molecule has 0 bridgehead atoms. The summed E-state index contributed by atoms with van der Waals surface area (Å²) < 4.78 is 6.68. The van der Waals surface area contributed by atoms with Gasteiger partial charge in [0, 0.05) is 22.1 Å². The predicted molar refractivity (Wildman–Crippen MR) is 237 cm³/mol. The molecule has 0 spiro atoms. The van der Waals surface area contributed by atoms with E-state index in [0.717, 1.165) is 50.0 Å². The van der Waals surface area contributed by atoms with Crippen molar-refractivity contribution in [3.05, 3.63) is 212 Å². The van der Waals surface area contributed by atoms with Crippen molar-refractivity contribution in [3.8, 4) is 33.4 Å². The van der Waals surface area contributed by atoms with Crippen molar-refractivity contribution >= 4 is 71.3 Å². The first-order chi connectivity index (χ1) is 27.7. The lowest BCUT2D eigenvalue weighted by molar-refractivity contribution is 0.672. The minimum Gasteiger partial charge on any atom is -0.455 e. The van der Waals surface area contributed by atoms with Gasteiger partial charge in [-0.1, -0.05) is 164 Å². The van der Waals surface area contributed by atoms with Crippen LogP contribution < -0.4 is 4.90 Å². The van der Waals surface area contributed by atoms with Gasteiger partial charge in [0.1, 0.15) is 11.2 Å². The fourth-order valence-electron chi connectivity index (χ4n) is 8.46. The summed E-state index contributed by atoms with van der Waals surface area (Å²) in [5.41, 5.74) is 12.2. The number of furan rings is 1. The van der Waals surface area contributed by atoms with Crippen LogP contribution in [-0.2, 0) is 0 Å². The van der Waals surface area contributed by atoms with E-state index >= 15 is 0 Å². The molecule has 0 N–H and O–H groups in total. The van der Waals surface area contributed by atoms with Crippen LogP contribution in [0.4, 0.5) is 17.1 Å². The summed E-state index contributed by atoms with van der Waals surface area (Å²) in [4.78, 5) is 2.38. The van der Waals surface area contributed by atoms with Gasteiger partial charge in [0.05, 0.1) is 11.1 Å². The molecule has 0 aliphatic rings. The second-order valence-corrected chi connectivity index (χ2v) is 14.5. The van der Waals surface area contributed by atoms with Crippen LogP contribution >= 0.6 is 0 Å². The van der Waals surface area contributed by atoms with Crippen LogP contribution in [-0.4, -0.2) is 0 Å². The summed E-state index contributed by atoms with van der Waals surface area (Å²) in [5.74, 6) is 0. The Balaban J connectivity index is 1.04. The molecule has 0 saturated heterocycles. The molecule has 0 radical (unpaired) electrons. The fraction of sp³-hybridized carbons (Fsp3) is 0. The molecule has 0 aliphatic heterocycles. The molecule has 0 atom stereocenters. The molecular weight excluding hydrogens is 679 g/mol. The van der Waals surface area contributed by atoms with Gasteiger partial charge in [-0.2, -0.15) is 0 Å². The Kier molecular flexibility index (Phi) is 7.53. The van der Waals surface area contributed by atoms with Gasteiger partial charge in [0.15, 0.2) is 0 Å². The van der Waals surface area contributed by atoms with Crippen molar-refractivity contribution in [1.29, 1.82) is 0 Å². The van der Waals surface area contributed by atoms with Gasteiger partial charge in [-0.15, -0.1) is 0 Å². The standard InChI is InChI=1S/C54H35NO/c1-2-13-42-34-44(27-24-36(42)10-1)43-15-7-16-46(35-43)55(51-20-9-21-52-53(51)50-33-30-40-12-4-6-18-49(40)54(50)56-52)45-31-28-38(29-32-45)37-22-25-41(26-23-37)48-19-8-14-39-11-3-5-17-47(39)48/h1-35H. The summed E-state index contributed by atoms with van der Waals surface area (Å²) in [7, 11) is 0. The normalized spacial score (nSPS) is 11.6. The van der Waals surface area contributed by atoms with E-state index < -0.39 is 0 Å². The zero-order chi connectivity index (χ0) is 37.0. The zero-order valence-corrected chi connectivity index (χ0v) is 30.6. The number of fused-ring (bicyclic) bond motifs is 7. The molecule has 2 nitrogen and oxygen atoms in total. The quantitative estimate of drug-likeness (QED) is 0.171. The minimum atomic E-state index is 0.868. The van der Waals surface area contributed by atoms with Crippen molar-refractivity contribution in [3.63, 3.8) is 0 Å². The fourth-order valence-corrected chi connectivity index (χ4v) is 8.46. The van der Waals surface area contributed by atoms with Crippen molar-refractivity contribution in [2.45, 2.75) is 0 Å². The minimum absolute atomic E-state index is 0.868. The number of hydrogen-bond donors (Lipinski definition) is 0. The zero-order valence-electron chi connectivity index (χ0n) is 30.6. The highest BCUT2D eigenvalue weighted by Gasteiger charge is 2.21. The van der Waals surface area contributed by atoms with Crippen molar-refractivity contribution in [2.75, 3.05) is 4.90 Å². The van der Waals surface area contributed by atoms with E-state index in [0.29, 0.717) is 0 Å². The monoisotopic (exact) mass is 713 g/mol. The van der Waals surface area contributed by atoms with Crippen LogP contribution in [0, 0.1) is 0 Å². The second kappa shape index (κ2) is 13.2. The molecule has 11 aromatic rings. The maximum atomic E-state index is 6.68. The summed E-state index contributed by atoms with van der Waals surface area (Å²) in [6, 6.07) is 76.5. The van der Waals surface area contributed by atoms with Crippen LogP contribution in [0.1, 0.15) is 0 Å². The van der Waals surface area contributed by atoms with E-state index in [1.807, 2.05) is 0 Å². The maximum absolute atomic E-state index is 6.68. The number of hydrogen-bond acceptors (Lipinski definition) is 2. The first kappa shape index (κ1) is 32.0. The van der Waals surface area contributed by atoms with E-state index in [9.17, 15) is 0 Å². The Morgan fingerprint density at radius 1 is 0.321 bits per heavy atom. The molecule has 0 unspecified atom stereocenters. The van der Waals surface area contributed by atoms with Crippen LogP contribution in [0.25, 0.3) is 87.6 Å². The topological polar surface area (TPSA) is 16.4 Å². The molecule has 262 valence electrons. The van der Waals surface area contributed by atoms with Gasteiger partial charge in [0.2, 0.25) is 0 Å². The molecule has 1 aromatic heterocycles. The van der Waals surface area contributed by atoms with E-state index in [-0.39, 0.29) is 0 Å². The highest BCUT2D eigenvalue weighted by atomic mass is 16.3. The van der Waals surface area contributed by atoms with Gasteiger partial charge in [-0.05, 0) is 109 Å². The average molecular weight is 714 g/mol. The molecule has 0 amide bonds.